The molecule has 2 rings (SSSR count). The maximum atomic E-state index is 14.1. The summed E-state index contributed by atoms with van der Waals surface area (Å²) in [5, 5.41) is 4.16. The Hall–Kier alpha value is -1.47. The van der Waals surface area contributed by atoms with Crippen LogP contribution in [0.2, 0.25) is 15.1 Å². The van der Waals surface area contributed by atoms with Crippen molar-refractivity contribution in [2.45, 2.75) is 58.0 Å². The predicted molar refractivity (Wildman–Crippen MR) is 137 cm³/mol. The first-order valence-corrected chi connectivity index (χ1v) is 12.8. The second-order valence-electron chi connectivity index (χ2n) is 8.61. The monoisotopic (exact) mass is 532 g/mol. The largest absolute Gasteiger partial charge is 0.350 e. The molecule has 4 nitrogen and oxygen atoms in total. The Morgan fingerprint density at radius 3 is 2.39 bits per heavy atom. The molecule has 1 atom stereocenters. The molecule has 180 valence electrons. The third kappa shape index (κ3) is 8.36. The molecule has 0 spiro atoms. The molecule has 0 aromatic heterocycles. The summed E-state index contributed by atoms with van der Waals surface area (Å²) in [5.41, 5.74) is 0.577. The topological polar surface area (TPSA) is 49.4 Å². The Morgan fingerprint density at radius 2 is 1.82 bits per heavy atom. The summed E-state index contributed by atoms with van der Waals surface area (Å²) in [6.07, 6.45) is 0.419. The summed E-state index contributed by atoms with van der Waals surface area (Å²) < 4.78 is 14.1. The standard InChI is InChI=1S/C24H28Cl3FN2O2S/c1-5-21(23(32)29-24(2,3)4)30(12-15-9-10-16(25)11-19(15)27)22(31)14-33-13-17-18(26)7-6-8-20(17)28/h6-11,21H,5,12-14H2,1-4H3,(H,29,32)/t21-/m0/s1. The molecule has 1 N–H and O–H groups in total. The highest BCUT2D eigenvalue weighted by atomic mass is 35.5. The molecule has 0 saturated carbocycles. The maximum absolute atomic E-state index is 14.1. The number of halogens is 4. The van der Waals surface area contributed by atoms with E-state index in [4.69, 9.17) is 34.8 Å². The summed E-state index contributed by atoms with van der Waals surface area (Å²) >= 11 is 19.7. The van der Waals surface area contributed by atoms with Crippen molar-refractivity contribution in [3.63, 3.8) is 0 Å². The second kappa shape index (κ2) is 12.3. The van der Waals surface area contributed by atoms with Crippen molar-refractivity contribution in [2.75, 3.05) is 5.75 Å². The fourth-order valence-electron chi connectivity index (χ4n) is 3.20. The molecule has 0 unspecified atom stereocenters. The molecule has 0 aliphatic heterocycles. The quantitative estimate of drug-likeness (QED) is 0.388. The third-order valence-electron chi connectivity index (χ3n) is 4.77. The van der Waals surface area contributed by atoms with Gasteiger partial charge in [0.25, 0.3) is 0 Å². The van der Waals surface area contributed by atoms with Crippen LogP contribution in [0, 0.1) is 5.82 Å². The van der Waals surface area contributed by atoms with Gasteiger partial charge in [0.2, 0.25) is 11.8 Å². The Bertz CT molecular complexity index is 978. The van der Waals surface area contributed by atoms with E-state index in [1.807, 2.05) is 27.7 Å². The predicted octanol–water partition coefficient (Wildman–Crippen LogP) is 6.74. The Kier molecular flexibility index (Phi) is 10.3. The van der Waals surface area contributed by atoms with E-state index < -0.39 is 17.4 Å². The zero-order valence-corrected chi connectivity index (χ0v) is 22.1. The van der Waals surface area contributed by atoms with E-state index >= 15 is 0 Å². The van der Waals surface area contributed by atoms with Crippen molar-refractivity contribution in [3.8, 4) is 0 Å². The smallest absolute Gasteiger partial charge is 0.243 e. The van der Waals surface area contributed by atoms with E-state index in [1.165, 1.54) is 28.8 Å². The van der Waals surface area contributed by atoms with Gasteiger partial charge in [0, 0.05) is 38.5 Å². The lowest BCUT2D eigenvalue weighted by molar-refractivity contribution is -0.140. The average molecular weight is 534 g/mol. The highest BCUT2D eigenvalue weighted by Gasteiger charge is 2.31. The van der Waals surface area contributed by atoms with E-state index in [1.54, 1.807) is 24.3 Å². The number of rotatable bonds is 9. The fourth-order valence-corrected chi connectivity index (χ4v) is 4.92. The zero-order chi connectivity index (χ0) is 24.8. The second-order valence-corrected chi connectivity index (χ2v) is 10.9. The van der Waals surface area contributed by atoms with Gasteiger partial charge in [0.1, 0.15) is 11.9 Å². The van der Waals surface area contributed by atoms with Gasteiger partial charge in [0.05, 0.1) is 5.75 Å². The molecule has 0 aliphatic rings. The first kappa shape index (κ1) is 27.8. The third-order valence-corrected chi connectivity index (χ3v) is 6.66. The van der Waals surface area contributed by atoms with Crippen LogP contribution in [0.4, 0.5) is 4.39 Å². The summed E-state index contributed by atoms with van der Waals surface area (Å²) in [5.74, 6) is -0.629. The molecule has 2 aromatic carbocycles. The van der Waals surface area contributed by atoms with Crippen LogP contribution < -0.4 is 5.32 Å². The summed E-state index contributed by atoms with van der Waals surface area (Å²) in [6.45, 7) is 7.64. The number of nitrogens with one attached hydrogen (secondary N) is 1. The minimum atomic E-state index is -0.693. The van der Waals surface area contributed by atoms with Gasteiger partial charge in [-0.25, -0.2) is 4.39 Å². The van der Waals surface area contributed by atoms with Gasteiger partial charge in [-0.2, -0.15) is 0 Å². The first-order chi connectivity index (χ1) is 15.4. The van der Waals surface area contributed by atoms with Gasteiger partial charge in [-0.3, -0.25) is 9.59 Å². The van der Waals surface area contributed by atoms with Crippen LogP contribution in [0.1, 0.15) is 45.2 Å². The molecular weight excluding hydrogens is 506 g/mol. The van der Waals surface area contributed by atoms with Gasteiger partial charge >= 0.3 is 0 Å². The molecular formula is C24H28Cl3FN2O2S. The molecule has 0 saturated heterocycles. The van der Waals surface area contributed by atoms with E-state index in [-0.39, 0.29) is 29.9 Å². The van der Waals surface area contributed by atoms with E-state index in [2.05, 4.69) is 5.32 Å². The molecule has 0 heterocycles. The molecule has 0 aliphatic carbocycles. The highest BCUT2D eigenvalue weighted by molar-refractivity contribution is 7.99. The van der Waals surface area contributed by atoms with Gasteiger partial charge in [-0.15, -0.1) is 11.8 Å². The minimum Gasteiger partial charge on any atom is -0.350 e. The van der Waals surface area contributed by atoms with Gasteiger partial charge in [-0.1, -0.05) is 53.9 Å². The summed E-state index contributed by atoms with van der Waals surface area (Å²) in [7, 11) is 0. The van der Waals surface area contributed by atoms with Crippen molar-refractivity contribution in [1.82, 2.24) is 10.2 Å². The Labute approximate surface area is 214 Å². The molecule has 2 aromatic rings. The van der Waals surface area contributed by atoms with E-state index in [0.29, 0.717) is 32.6 Å². The molecule has 0 radical (unpaired) electrons. The molecule has 0 fully saturated rings. The van der Waals surface area contributed by atoms with Gasteiger partial charge < -0.3 is 10.2 Å². The van der Waals surface area contributed by atoms with Crippen molar-refractivity contribution >= 4 is 58.4 Å². The van der Waals surface area contributed by atoms with Crippen molar-refractivity contribution in [2.24, 2.45) is 0 Å². The average Bonchev–Trinajstić information content (AvgIpc) is 2.70. The number of nitrogens with zero attached hydrogens (tertiary/aromatic N) is 1. The van der Waals surface area contributed by atoms with Crippen molar-refractivity contribution in [1.29, 1.82) is 0 Å². The van der Waals surface area contributed by atoms with Crippen LogP contribution in [0.3, 0.4) is 0 Å². The van der Waals surface area contributed by atoms with Gasteiger partial charge in [0.15, 0.2) is 0 Å². The lowest BCUT2D eigenvalue weighted by Gasteiger charge is -2.33. The Morgan fingerprint density at radius 1 is 1.12 bits per heavy atom. The first-order valence-electron chi connectivity index (χ1n) is 10.5. The SMILES string of the molecule is CC[C@@H](C(=O)NC(C)(C)C)N(Cc1ccc(Cl)cc1Cl)C(=O)CSCc1c(F)cccc1Cl. The van der Waals surface area contributed by atoms with Crippen LogP contribution in [0.25, 0.3) is 0 Å². The van der Waals surface area contributed by atoms with Crippen molar-refractivity contribution in [3.05, 3.63) is 68.4 Å². The molecule has 33 heavy (non-hydrogen) atoms. The van der Waals surface area contributed by atoms with Crippen LogP contribution in [0.15, 0.2) is 36.4 Å². The van der Waals surface area contributed by atoms with Crippen LogP contribution in [0.5, 0.6) is 0 Å². The van der Waals surface area contributed by atoms with Crippen molar-refractivity contribution < 1.29 is 14.0 Å². The lowest BCUT2D eigenvalue weighted by Crippen LogP contribution is -2.53. The normalized spacial score (nSPS) is 12.4. The number of hydrogen-bond acceptors (Lipinski definition) is 3. The van der Waals surface area contributed by atoms with Gasteiger partial charge in [-0.05, 0) is 57.0 Å². The molecule has 2 amide bonds. The summed E-state index contributed by atoms with van der Waals surface area (Å²) in [6, 6.07) is 8.83. The number of benzene rings is 2. The number of amides is 2. The van der Waals surface area contributed by atoms with E-state index in [9.17, 15) is 14.0 Å². The maximum Gasteiger partial charge on any atom is 0.243 e. The van der Waals surface area contributed by atoms with Crippen LogP contribution >= 0.6 is 46.6 Å². The van der Waals surface area contributed by atoms with Crippen LogP contribution in [-0.4, -0.2) is 34.0 Å². The summed E-state index contributed by atoms with van der Waals surface area (Å²) in [4.78, 5) is 27.8. The fraction of sp³-hybridized carbons (Fsp3) is 0.417. The number of hydrogen-bond donors (Lipinski definition) is 1. The Balaban J connectivity index is 2.24. The number of carbonyl (C=O) groups excluding carboxylic acids is 2. The zero-order valence-electron chi connectivity index (χ0n) is 19.1. The minimum absolute atomic E-state index is 0.0508. The molecule has 9 heteroatoms. The highest BCUT2D eigenvalue weighted by Crippen LogP contribution is 2.26. The number of carbonyl (C=O) groups is 2. The van der Waals surface area contributed by atoms with E-state index in [0.717, 1.165) is 0 Å². The lowest BCUT2D eigenvalue weighted by atomic mass is 10.1. The van der Waals surface area contributed by atoms with Crippen LogP contribution in [-0.2, 0) is 21.9 Å². The number of thioether (sulfide) groups is 1. The molecule has 0 bridgehead atoms.